The SMILES string of the molecule is Cc1ccc(N2C(=O)c3ccccc3[C@H](C=NCCCN3CCCC3)C2=O)cc1C. The predicted molar refractivity (Wildman–Crippen MR) is 121 cm³/mol. The first kappa shape index (κ1) is 20.5. The minimum atomic E-state index is -0.535. The number of amides is 2. The highest BCUT2D eigenvalue weighted by Crippen LogP contribution is 2.32. The lowest BCUT2D eigenvalue weighted by atomic mass is 9.88. The molecule has 0 bridgehead atoms. The minimum Gasteiger partial charge on any atom is -0.303 e. The number of benzene rings is 2. The third-order valence-electron chi connectivity index (χ3n) is 6.18. The van der Waals surface area contributed by atoms with Gasteiger partial charge in [-0.25, -0.2) is 4.90 Å². The Labute approximate surface area is 178 Å². The lowest BCUT2D eigenvalue weighted by Gasteiger charge is -2.31. The molecule has 2 amide bonds. The van der Waals surface area contributed by atoms with Crippen molar-refractivity contribution in [2.24, 2.45) is 4.99 Å². The Morgan fingerprint density at radius 3 is 2.57 bits per heavy atom. The first-order valence-corrected chi connectivity index (χ1v) is 10.8. The van der Waals surface area contributed by atoms with Crippen LogP contribution in [0.25, 0.3) is 0 Å². The zero-order chi connectivity index (χ0) is 21.1. The van der Waals surface area contributed by atoms with Crippen molar-refractivity contribution < 1.29 is 9.59 Å². The van der Waals surface area contributed by atoms with Gasteiger partial charge in [-0.15, -0.1) is 0 Å². The fraction of sp³-hybridized carbons (Fsp3) is 0.400. The first-order valence-electron chi connectivity index (χ1n) is 10.8. The van der Waals surface area contributed by atoms with Crippen molar-refractivity contribution in [3.05, 3.63) is 64.7 Å². The van der Waals surface area contributed by atoms with Gasteiger partial charge >= 0.3 is 0 Å². The van der Waals surface area contributed by atoms with E-state index in [-0.39, 0.29) is 11.8 Å². The zero-order valence-electron chi connectivity index (χ0n) is 17.8. The van der Waals surface area contributed by atoms with Gasteiger partial charge < -0.3 is 4.90 Å². The summed E-state index contributed by atoms with van der Waals surface area (Å²) in [7, 11) is 0. The molecule has 2 aromatic rings. The van der Waals surface area contributed by atoms with Crippen LogP contribution in [0.3, 0.4) is 0 Å². The molecule has 5 nitrogen and oxygen atoms in total. The van der Waals surface area contributed by atoms with Crippen LogP contribution in [-0.4, -0.2) is 49.1 Å². The summed E-state index contributed by atoms with van der Waals surface area (Å²) in [6.07, 6.45) is 5.31. The number of carbonyl (C=O) groups is 2. The van der Waals surface area contributed by atoms with Crippen LogP contribution in [0, 0.1) is 13.8 Å². The van der Waals surface area contributed by atoms with Gasteiger partial charge in [-0.05, 0) is 87.6 Å². The number of imide groups is 1. The van der Waals surface area contributed by atoms with Crippen molar-refractivity contribution in [1.82, 2.24) is 4.90 Å². The van der Waals surface area contributed by atoms with Gasteiger partial charge in [0.25, 0.3) is 5.91 Å². The van der Waals surface area contributed by atoms with Crippen LogP contribution in [0.5, 0.6) is 0 Å². The molecule has 2 aromatic carbocycles. The number of hydrogen-bond acceptors (Lipinski definition) is 4. The van der Waals surface area contributed by atoms with E-state index in [2.05, 4.69) is 9.89 Å². The molecule has 1 fully saturated rings. The molecule has 0 N–H and O–H groups in total. The van der Waals surface area contributed by atoms with E-state index < -0.39 is 5.92 Å². The van der Waals surface area contributed by atoms with Gasteiger partial charge in [0.05, 0.1) is 11.6 Å². The number of hydrogen-bond donors (Lipinski definition) is 0. The van der Waals surface area contributed by atoms with Crippen molar-refractivity contribution in [3.8, 4) is 0 Å². The van der Waals surface area contributed by atoms with Gasteiger partial charge in [0.1, 0.15) is 0 Å². The summed E-state index contributed by atoms with van der Waals surface area (Å²) in [6.45, 7) is 8.13. The Balaban J connectivity index is 1.56. The lowest BCUT2D eigenvalue weighted by molar-refractivity contribution is -0.118. The summed E-state index contributed by atoms with van der Waals surface area (Å²) in [5.74, 6) is -1.03. The molecule has 30 heavy (non-hydrogen) atoms. The Kier molecular flexibility index (Phi) is 6.09. The topological polar surface area (TPSA) is 53.0 Å². The standard InChI is InChI=1S/C25H29N3O2/c1-18-10-11-20(16-19(18)2)28-24(29)22-9-4-3-8-21(22)23(25(28)30)17-26-12-7-15-27-13-5-6-14-27/h3-4,8-11,16-17,23H,5-7,12-15H2,1-2H3/t23-/m0/s1. The molecular formula is C25H29N3O2. The maximum atomic E-state index is 13.4. The van der Waals surface area contributed by atoms with Crippen LogP contribution < -0.4 is 4.90 Å². The van der Waals surface area contributed by atoms with Crippen LogP contribution in [0.1, 0.15) is 52.2 Å². The molecule has 0 radical (unpaired) electrons. The molecule has 0 aromatic heterocycles. The second-order valence-electron chi connectivity index (χ2n) is 8.27. The number of nitrogens with zero attached hydrogens (tertiary/aromatic N) is 3. The average molecular weight is 404 g/mol. The molecule has 156 valence electrons. The Morgan fingerprint density at radius 1 is 1.03 bits per heavy atom. The van der Waals surface area contributed by atoms with E-state index in [9.17, 15) is 9.59 Å². The largest absolute Gasteiger partial charge is 0.303 e. The summed E-state index contributed by atoms with van der Waals surface area (Å²) in [5, 5.41) is 0. The summed E-state index contributed by atoms with van der Waals surface area (Å²) < 4.78 is 0. The van der Waals surface area contributed by atoms with Crippen molar-refractivity contribution in [2.75, 3.05) is 31.1 Å². The van der Waals surface area contributed by atoms with Crippen molar-refractivity contribution >= 4 is 23.7 Å². The van der Waals surface area contributed by atoms with Gasteiger partial charge in [0.15, 0.2) is 0 Å². The van der Waals surface area contributed by atoms with Crippen molar-refractivity contribution in [3.63, 3.8) is 0 Å². The van der Waals surface area contributed by atoms with E-state index in [0.717, 1.165) is 29.7 Å². The molecule has 2 aliphatic heterocycles. The third kappa shape index (κ3) is 4.08. The average Bonchev–Trinajstić information content (AvgIpc) is 3.26. The minimum absolute atomic E-state index is 0.231. The highest BCUT2D eigenvalue weighted by molar-refractivity contribution is 6.29. The van der Waals surface area contributed by atoms with E-state index in [1.807, 2.05) is 50.2 Å². The summed E-state index contributed by atoms with van der Waals surface area (Å²) in [4.78, 5) is 34.9. The fourth-order valence-corrected chi connectivity index (χ4v) is 4.28. The van der Waals surface area contributed by atoms with Gasteiger partial charge in [0.2, 0.25) is 5.91 Å². The molecule has 2 aliphatic rings. The Hall–Kier alpha value is -2.79. The zero-order valence-corrected chi connectivity index (χ0v) is 17.8. The second kappa shape index (κ2) is 8.92. The number of anilines is 1. The number of likely N-dealkylation sites (tertiary alicyclic amines) is 1. The van der Waals surface area contributed by atoms with E-state index in [4.69, 9.17) is 0 Å². The van der Waals surface area contributed by atoms with E-state index in [1.165, 1.54) is 30.8 Å². The van der Waals surface area contributed by atoms with E-state index >= 15 is 0 Å². The number of rotatable bonds is 6. The maximum absolute atomic E-state index is 13.4. The van der Waals surface area contributed by atoms with Crippen LogP contribution in [-0.2, 0) is 4.79 Å². The molecule has 4 rings (SSSR count). The first-order chi connectivity index (χ1) is 14.6. The Bertz CT molecular complexity index is 976. The van der Waals surface area contributed by atoms with Gasteiger partial charge in [-0.2, -0.15) is 0 Å². The molecule has 0 unspecified atom stereocenters. The van der Waals surface area contributed by atoms with Crippen molar-refractivity contribution in [2.45, 2.75) is 39.0 Å². The van der Waals surface area contributed by atoms with E-state index in [1.54, 1.807) is 12.3 Å². The third-order valence-corrected chi connectivity index (χ3v) is 6.18. The second-order valence-corrected chi connectivity index (χ2v) is 8.27. The quantitative estimate of drug-likeness (QED) is 0.414. The van der Waals surface area contributed by atoms with Gasteiger partial charge in [-0.3, -0.25) is 14.6 Å². The summed E-state index contributed by atoms with van der Waals surface area (Å²) >= 11 is 0. The molecule has 1 saturated heterocycles. The fourth-order valence-electron chi connectivity index (χ4n) is 4.28. The molecule has 0 saturated carbocycles. The summed E-state index contributed by atoms with van der Waals surface area (Å²) in [6, 6.07) is 13.1. The molecule has 0 aliphatic carbocycles. The number of aryl methyl sites for hydroxylation is 2. The van der Waals surface area contributed by atoms with Crippen LogP contribution in [0.2, 0.25) is 0 Å². The molecular weight excluding hydrogens is 374 g/mol. The lowest BCUT2D eigenvalue weighted by Crippen LogP contribution is -2.45. The normalized spacial score (nSPS) is 19.7. The van der Waals surface area contributed by atoms with Crippen molar-refractivity contribution in [1.29, 1.82) is 0 Å². The van der Waals surface area contributed by atoms with E-state index in [0.29, 0.717) is 17.8 Å². The highest BCUT2D eigenvalue weighted by atomic mass is 16.2. The van der Waals surface area contributed by atoms with Gasteiger partial charge in [0, 0.05) is 18.3 Å². The monoisotopic (exact) mass is 403 g/mol. The molecule has 5 heteroatoms. The van der Waals surface area contributed by atoms with Crippen LogP contribution >= 0.6 is 0 Å². The maximum Gasteiger partial charge on any atom is 0.265 e. The highest BCUT2D eigenvalue weighted by Gasteiger charge is 2.38. The molecule has 1 atom stereocenters. The summed E-state index contributed by atoms with van der Waals surface area (Å²) in [5.41, 5.74) is 4.13. The Morgan fingerprint density at radius 2 is 1.80 bits per heavy atom. The van der Waals surface area contributed by atoms with Gasteiger partial charge in [-0.1, -0.05) is 24.3 Å². The number of aliphatic imine (C=N–C) groups is 1. The number of carbonyl (C=O) groups excluding carboxylic acids is 2. The molecule has 2 heterocycles. The van der Waals surface area contributed by atoms with Crippen LogP contribution in [0.15, 0.2) is 47.5 Å². The van der Waals surface area contributed by atoms with Crippen LogP contribution in [0.4, 0.5) is 5.69 Å². The molecule has 0 spiro atoms. The smallest absolute Gasteiger partial charge is 0.265 e. The predicted octanol–water partition coefficient (Wildman–Crippen LogP) is 4.13. The number of fused-ring (bicyclic) bond motifs is 1.